The highest BCUT2D eigenvalue weighted by molar-refractivity contribution is 7.15. The second kappa shape index (κ2) is 8.23. The van der Waals surface area contributed by atoms with Crippen LogP contribution in [0.5, 0.6) is 5.75 Å². The number of hydrogen-bond donors (Lipinski definition) is 2. The number of carbonyl (C=O) groups excluding carboxylic acids is 2. The molecular weight excluding hydrogens is 316 g/mol. The second-order valence-corrected chi connectivity index (χ2v) is 5.71. The average Bonchev–Trinajstić information content (AvgIpc) is 3.01. The average molecular weight is 334 g/mol. The van der Waals surface area contributed by atoms with Crippen molar-refractivity contribution in [3.05, 3.63) is 29.3 Å². The third-order valence-electron chi connectivity index (χ3n) is 2.98. The van der Waals surface area contributed by atoms with E-state index in [1.807, 2.05) is 13.0 Å². The van der Waals surface area contributed by atoms with Gasteiger partial charge >= 0.3 is 0 Å². The van der Waals surface area contributed by atoms with Gasteiger partial charge in [-0.25, -0.2) is 0 Å². The van der Waals surface area contributed by atoms with Gasteiger partial charge in [0, 0.05) is 12.8 Å². The fraction of sp³-hybridized carbons (Fsp3) is 0.333. The lowest BCUT2D eigenvalue weighted by atomic mass is 10.2. The van der Waals surface area contributed by atoms with Crippen molar-refractivity contribution in [3.8, 4) is 5.75 Å². The van der Waals surface area contributed by atoms with Gasteiger partial charge in [0.05, 0.1) is 12.8 Å². The van der Waals surface area contributed by atoms with Gasteiger partial charge in [-0.05, 0) is 18.6 Å². The number of rotatable bonds is 7. The van der Waals surface area contributed by atoms with Crippen LogP contribution in [-0.4, -0.2) is 29.1 Å². The van der Waals surface area contributed by atoms with Crippen LogP contribution in [0.15, 0.2) is 24.3 Å². The van der Waals surface area contributed by atoms with Crippen LogP contribution in [0, 0.1) is 0 Å². The first kappa shape index (κ1) is 16.9. The van der Waals surface area contributed by atoms with Gasteiger partial charge < -0.3 is 15.4 Å². The number of ether oxygens (including phenoxy) is 1. The Kier molecular flexibility index (Phi) is 6.04. The Bertz CT molecular complexity index is 687. The van der Waals surface area contributed by atoms with Gasteiger partial charge in [-0.3, -0.25) is 9.59 Å². The number of nitrogens with zero attached hydrogens (tertiary/aromatic N) is 2. The Hall–Kier alpha value is -2.48. The summed E-state index contributed by atoms with van der Waals surface area (Å²) in [5, 5.41) is 14.5. The molecule has 0 fully saturated rings. The molecule has 0 bridgehead atoms. The summed E-state index contributed by atoms with van der Waals surface area (Å²) in [6, 6.07) is 7.10. The predicted molar refractivity (Wildman–Crippen MR) is 88.8 cm³/mol. The standard InChI is InChI=1S/C15H18N4O3S/c1-3-14-18-19-15(23-14)17-13(21)9-8-12(20)16-10-6-4-5-7-11(10)22-2/h4-7H,3,8-9H2,1-2H3,(H,16,20)(H,17,19,21). The molecule has 0 aliphatic heterocycles. The van der Waals surface area contributed by atoms with E-state index in [1.54, 1.807) is 18.2 Å². The molecule has 8 heteroatoms. The third kappa shape index (κ3) is 5.03. The van der Waals surface area contributed by atoms with Gasteiger partial charge in [-0.2, -0.15) is 0 Å². The van der Waals surface area contributed by atoms with Crippen molar-refractivity contribution in [1.82, 2.24) is 10.2 Å². The monoisotopic (exact) mass is 334 g/mol. The molecule has 0 saturated heterocycles. The molecule has 1 aromatic carbocycles. The topological polar surface area (TPSA) is 93.2 Å². The number of aryl methyl sites for hydroxylation is 1. The van der Waals surface area contributed by atoms with Crippen LogP contribution >= 0.6 is 11.3 Å². The zero-order valence-electron chi connectivity index (χ0n) is 13.0. The van der Waals surface area contributed by atoms with E-state index in [0.29, 0.717) is 16.6 Å². The van der Waals surface area contributed by atoms with Gasteiger partial charge in [0.25, 0.3) is 0 Å². The van der Waals surface area contributed by atoms with E-state index in [2.05, 4.69) is 20.8 Å². The van der Waals surface area contributed by atoms with Crippen molar-refractivity contribution >= 4 is 34.0 Å². The van der Waals surface area contributed by atoms with E-state index in [0.717, 1.165) is 11.4 Å². The number of para-hydroxylation sites is 2. The summed E-state index contributed by atoms with van der Waals surface area (Å²) in [5.74, 6) is 0.0568. The van der Waals surface area contributed by atoms with E-state index in [4.69, 9.17) is 4.74 Å². The van der Waals surface area contributed by atoms with Gasteiger partial charge in [-0.15, -0.1) is 10.2 Å². The van der Waals surface area contributed by atoms with Crippen LogP contribution in [-0.2, 0) is 16.0 Å². The largest absolute Gasteiger partial charge is 0.495 e. The molecule has 23 heavy (non-hydrogen) atoms. The lowest BCUT2D eigenvalue weighted by Crippen LogP contribution is -2.17. The Balaban J connectivity index is 1.80. The zero-order chi connectivity index (χ0) is 16.7. The highest BCUT2D eigenvalue weighted by atomic mass is 32.1. The molecule has 2 amide bonds. The molecule has 0 spiro atoms. The van der Waals surface area contributed by atoms with E-state index >= 15 is 0 Å². The Labute approximate surface area is 138 Å². The Morgan fingerprint density at radius 3 is 2.48 bits per heavy atom. The number of hydrogen-bond acceptors (Lipinski definition) is 6. The Morgan fingerprint density at radius 2 is 1.83 bits per heavy atom. The highest BCUT2D eigenvalue weighted by Crippen LogP contribution is 2.23. The van der Waals surface area contributed by atoms with Gasteiger partial charge in [0.1, 0.15) is 10.8 Å². The van der Waals surface area contributed by atoms with Crippen LogP contribution < -0.4 is 15.4 Å². The maximum atomic E-state index is 11.9. The maximum absolute atomic E-state index is 11.9. The van der Waals surface area contributed by atoms with Crippen molar-refractivity contribution in [2.45, 2.75) is 26.2 Å². The molecule has 2 rings (SSSR count). The molecule has 0 aliphatic rings. The van der Waals surface area contributed by atoms with E-state index in [-0.39, 0.29) is 24.7 Å². The molecule has 0 saturated carbocycles. The van der Waals surface area contributed by atoms with Crippen LogP contribution in [0.4, 0.5) is 10.8 Å². The predicted octanol–water partition coefficient (Wildman–Crippen LogP) is 2.47. The number of aromatic nitrogens is 2. The summed E-state index contributed by atoms with van der Waals surface area (Å²) in [7, 11) is 1.53. The molecular formula is C15H18N4O3S. The summed E-state index contributed by atoms with van der Waals surface area (Å²) in [6.07, 6.45) is 0.917. The lowest BCUT2D eigenvalue weighted by molar-refractivity contribution is -0.121. The Morgan fingerprint density at radius 1 is 1.13 bits per heavy atom. The molecule has 2 N–H and O–H groups in total. The summed E-state index contributed by atoms with van der Waals surface area (Å²) in [4.78, 5) is 23.7. The quantitative estimate of drug-likeness (QED) is 0.811. The third-order valence-corrected chi connectivity index (χ3v) is 3.96. The zero-order valence-corrected chi connectivity index (χ0v) is 13.8. The number of nitrogens with one attached hydrogen (secondary N) is 2. The second-order valence-electron chi connectivity index (χ2n) is 4.65. The fourth-order valence-corrected chi connectivity index (χ4v) is 2.51. The molecule has 0 atom stereocenters. The molecule has 1 aromatic heterocycles. The van der Waals surface area contributed by atoms with E-state index < -0.39 is 0 Å². The van der Waals surface area contributed by atoms with Crippen molar-refractivity contribution in [2.24, 2.45) is 0 Å². The van der Waals surface area contributed by atoms with Crippen molar-refractivity contribution in [1.29, 1.82) is 0 Å². The fourth-order valence-electron chi connectivity index (χ4n) is 1.82. The molecule has 7 nitrogen and oxygen atoms in total. The van der Waals surface area contributed by atoms with Gasteiger partial charge in [0.2, 0.25) is 16.9 Å². The minimum atomic E-state index is -0.265. The molecule has 122 valence electrons. The first-order chi connectivity index (χ1) is 11.1. The number of amides is 2. The van der Waals surface area contributed by atoms with Crippen LogP contribution in [0.1, 0.15) is 24.8 Å². The number of benzene rings is 1. The summed E-state index contributed by atoms with van der Waals surface area (Å²) in [6.45, 7) is 1.97. The first-order valence-corrected chi connectivity index (χ1v) is 7.99. The number of carbonyl (C=O) groups is 2. The number of methoxy groups -OCH3 is 1. The summed E-state index contributed by atoms with van der Waals surface area (Å²) >= 11 is 1.33. The summed E-state index contributed by atoms with van der Waals surface area (Å²) < 4.78 is 5.16. The van der Waals surface area contributed by atoms with Crippen LogP contribution in [0.3, 0.4) is 0 Å². The van der Waals surface area contributed by atoms with Crippen molar-refractivity contribution in [3.63, 3.8) is 0 Å². The van der Waals surface area contributed by atoms with Gasteiger partial charge in [0.15, 0.2) is 0 Å². The molecule has 0 radical (unpaired) electrons. The maximum Gasteiger partial charge on any atom is 0.226 e. The SMILES string of the molecule is CCc1nnc(NC(=O)CCC(=O)Nc2ccccc2OC)s1. The van der Waals surface area contributed by atoms with E-state index in [9.17, 15) is 9.59 Å². The molecule has 0 aliphatic carbocycles. The van der Waals surface area contributed by atoms with Crippen LogP contribution in [0.25, 0.3) is 0 Å². The minimum absolute atomic E-state index is 0.0714. The first-order valence-electron chi connectivity index (χ1n) is 7.17. The lowest BCUT2D eigenvalue weighted by Gasteiger charge is -2.09. The number of anilines is 2. The smallest absolute Gasteiger partial charge is 0.226 e. The summed E-state index contributed by atoms with van der Waals surface area (Å²) in [5.41, 5.74) is 0.581. The van der Waals surface area contributed by atoms with Crippen LogP contribution in [0.2, 0.25) is 0 Å². The van der Waals surface area contributed by atoms with E-state index in [1.165, 1.54) is 18.4 Å². The molecule has 1 heterocycles. The molecule has 0 unspecified atom stereocenters. The molecule has 2 aromatic rings. The van der Waals surface area contributed by atoms with Crippen molar-refractivity contribution < 1.29 is 14.3 Å². The normalized spacial score (nSPS) is 10.2. The minimum Gasteiger partial charge on any atom is -0.495 e. The van der Waals surface area contributed by atoms with Gasteiger partial charge in [-0.1, -0.05) is 30.4 Å². The van der Waals surface area contributed by atoms with Crippen molar-refractivity contribution in [2.75, 3.05) is 17.7 Å². The highest BCUT2D eigenvalue weighted by Gasteiger charge is 2.11.